The highest BCUT2D eigenvalue weighted by molar-refractivity contribution is 5.81. The molecule has 0 aliphatic heterocycles. The van der Waals surface area contributed by atoms with Gasteiger partial charge < -0.3 is 9.47 Å². The van der Waals surface area contributed by atoms with Crippen LogP contribution in [0, 0.1) is 0 Å². The summed E-state index contributed by atoms with van der Waals surface area (Å²) in [6, 6.07) is 0. The van der Waals surface area contributed by atoms with Crippen LogP contribution in [-0.2, 0) is 14.3 Å². The van der Waals surface area contributed by atoms with Crippen molar-refractivity contribution in [3.05, 3.63) is 12.2 Å². The number of methoxy groups -OCH3 is 1. The molecule has 0 fully saturated rings. The second-order valence-corrected chi connectivity index (χ2v) is 3.66. The second kappa shape index (κ2) is 6.60. The fourth-order valence-electron chi connectivity index (χ4n) is 0.903. The molecule has 0 N–H and O–H groups in total. The predicted octanol–water partition coefficient (Wildman–Crippen LogP) is 2.31. The molecule has 0 spiro atoms. The van der Waals surface area contributed by atoms with Crippen LogP contribution in [0.15, 0.2) is 12.2 Å². The van der Waals surface area contributed by atoms with Gasteiger partial charge in [-0.1, -0.05) is 6.08 Å². The fraction of sp³-hybridized carbons (Fsp3) is 0.727. The van der Waals surface area contributed by atoms with Gasteiger partial charge in [-0.05, 0) is 33.6 Å². The van der Waals surface area contributed by atoms with Crippen LogP contribution in [0.5, 0.6) is 0 Å². The molecule has 0 aliphatic rings. The molecule has 0 bridgehead atoms. The monoisotopic (exact) mass is 200 g/mol. The van der Waals surface area contributed by atoms with E-state index in [0.717, 1.165) is 12.8 Å². The summed E-state index contributed by atoms with van der Waals surface area (Å²) in [7, 11) is 1.69. The molecule has 0 aromatic heterocycles. The van der Waals surface area contributed by atoms with Gasteiger partial charge in [-0.25, -0.2) is 4.79 Å². The summed E-state index contributed by atoms with van der Waals surface area (Å²) in [4.78, 5) is 10.9. The summed E-state index contributed by atoms with van der Waals surface area (Å²) < 4.78 is 9.99. The Balaban J connectivity index is 3.68. The van der Waals surface area contributed by atoms with E-state index < -0.39 is 0 Å². The largest absolute Gasteiger partial charge is 0.463 e. The van der Waals surface area contributed by atoms with Crippen LogP contribution in [0.25, 0.3) is 0 Å². The minimum Gasteiger partial charge on any atom is -0.463 e. The lowest BCUT2D eigenvalue weighted by Crippen LogP contribution is -2.21. The molecule has 0 unspecified atom stereocenters. The van der Waals surface area contributed by atoms with E-state index in [1.807, 2.05) is 19.9 Å². The highest BCUT2D eigenvalue weighted by Crippen LogP contribution is 2.15. The van der Waals surface area contributed by atoms with Crippen molar-refractivity contribution < 1.29 is 14.3 Å². The smallest absolute Gasteiger partial charge is 0.330 e. The van der Waals surface area contributed by atoms with Crippen LogP contribution in [0.2, 0.25) is 0 Å². The normalized spacial score (nSPS) is 12.0. The van der Waals surface area contributed by atoms with E-state index >= 15 is 0 Å². The quantitative estimate of drug-likeness (QED) is 0.487. The van der Waals surface area contributed by atoms with Crippen molar-refractivity contribution in [3.63, 3.8) is 0 Å². The average Bonchev–Trinajstić information content (AvgIpc) is 2.13. The molecule has 0 aromatic carbocycles. The number of carbonyl (C=O) groups excluding carboxylic acids is 1. The summed E-state index contributed by atoms with van der Waals surface area (Å²) in [5.74, 6) is -0.275. The Hall–Kier alpha value is -0.830. The van der Waals surface area contributed by atoms with Crippen LogP contribution in [0.3, 0.4) is 0 Å². The first-order chi connectivity index (χ1) is 6.52. The maximum absolute atomic E-state index is 10.9. The lowest BCUT2D eigenvalue weighted by molar-refractivity contribution is -0.137. The minimum atomic E-state index is -0.275. The van der Waals surface area contributed by atoms with E-state index in [9.17, 15) is 4.79 Å². The van der Waals surface area contributed by atoms with Gasteiger partial charge in [-0.2, -0.15) is 0 Å². The highest BCUT2D eigenvalue weighted by atomic mass is 16.5. The predicted molar refractivity (Wildman–Crippen MR) is 56.1 cm³/mol. The zero-order chi connectivity index (χ0) is 11.0. The van der Waals surface area contributed by atoms with Crippen LogP contribution in [0.4, 0.5) is 0 Å². The number of carbonyl (C=O) groups is 1. The third-order valence-corrected chi connectivity index (χ3v) is 2.01. The number of hydrogen-bond acceptors (Lipinski definition) is 3. The van der Waals surface area contributed by atoms with E-state index in [4.69, 9.17) is 9.47 Å². The van der Waals surface area contributed by atoms with Crippen molar-refractivity contribution >= 4 is 5.97 Å². The lowest BCUT2D eigenvalue weighted by Gasteiger charge is -2.21. The van der Waals surface area contributed by atoms with Gasteiger partial charge in [-0.3, -0.25) is 0 Å². The van der Waals surface area contributed by atoms with Gasteiger partial charge in [0.25, 0.3) is 0 Å². The zero-order valence-corrected chi connectivity index (χ0v) is 9.50. The van der Waals surface area contributed by atoms with Crippen LogP contribution < -0.4 is 0 Å². The number of allylic oxidation sites excluding steroid dienone is 1. The number of hydrogen-bond donors (Lipinski definition) is 0. The van der Waals surface area contributed by atoms with Crippen molar-refractivity contribution in [1.29, 1.82) is 0 Å². The Labute approximate surface area is 86.1 Å². The summed E-state index contributed by atoms with van der Waals surface area (Å²) in [5.41, 5.74) is -0.126. The molecule has 0 saturated carbocycles. The molecule has 3 nitrogen and oxygen atoms in total. The van der Waals surface area contributed by atoms with E-state index in [0.29, 0.717) is 6.61 Å². The Morgan fingerprint density at radius 2 is 2.07 bits per heavy atom. The molecule has 0 rings (SSSR count). The second-order valence-electron chi connectivity index (χ2n) is 3.66. The first-order valence-corrected chi connectivity index (χ1v) is 4.90. The number of rotatable bonds is 6. The van der Waals surface area contributed by atoms with Crippen molar-refractivity contribution in [2.24, 2.45) is 0 Å². The van der Waals surface area contributed by atoms with Gasteiger partial charge in [0.1, 0.15) is 0 Å². The summed E-state index contributed by atoms with van der Waals surface area (Å²) in [6.07, 6.45) is 4.99. The van der Waals surface area contributed by atoms with E-state index in [-0.39, 0.29) is 11.6 Å². The average molecular weight is 200 g/mol. The summed E-state index contributed by atoms with van der Waals surface area (Å²) in [6.45, 7) is 6.25. The van der Waals surface area contributed by atoms with Gasteiger partial charge in [0, 0.05) is 13.2 Å². The summed E-state index contributed by atoms with van der Waals surface area (Å²) >= 11 is 0. The van der Waals surface area contributed by atoms with Crippen molar-refractivity contribution in [1.82, 2.24) is 0 Å². The Morgan fingerprint density at radius 1 is 1.43 bits per heavy atom. The molecule has 0 radical (unpaired) electrons. The van der Waals surface area contributed by atoms with Gasteiger partial charge >= 0.3 is 5.97 Å². The zero-order valence-electron chi connectivity index (χ0n) is 9.50. The Kier molecular flexibility index (Phi) is 6.21. The molecule has 0 amide bonds. The topological polar surface area (TPSA) is 35.5 Å². The number of ether oxygens (including phenoxy) is 2. The van der Waals surface area contributed by atoms with Crippen LogP contribution in [0.1, 0.15) is 33.6 Å². The van der Waals surface area contributed by atoms with E-state index in [2.05, 4.69) is 0 Å². The van der Waals surface area contributed by atoms with Gasteiger partial charge in [0.15, 0.2) is 0 Å². The highest BCUT2D eigenvalue weighted by Gasteiger charge is 2.14. The standard InChI is InChI=1S/C11H20O3/c1-5-14-10(12)8-6-7-9-11(2,3)13-4/h6,8H,5,7,9H2,1-4H3/b8-6+. The Bertz CT molecular complexity index is 195. The molecule has 0 aromatic rings. The van der Waals surface area contributed by atoms with Crippen molar-refractivity contribution in [3.8, 4) is 0 Å². The summed E-state index contributed by atoms with van der Waals surface area (Å²) in [5, 5.41) is 0. The van der Waals surface area contributed by atoms with Crippen LogP contribution >= 0.6 is 0 Å². The molecular weight excluding hydrogens is 180 g/mol. The molecule has 82 valence electrons. The molecule has 0 aliphatic carbocycles. The Morgan fingerprint density at radius 3 is 2.57 bits per heavy atom. The molecule has 0 atom stereocenters. The third kappa shape index (κ3) is 6.66. The first-order valence-electron chi connectivity index (χ1n) is 4.90. The van der Waals surface area contributed by atoms with Gasteiger partial charge in [0.2, 0.25) is 0 Å². The SMILES string of the molecule is CCOC(=O)/C=C/CCC(C)(C)OC. The maximum atomic E-state index is 10.9. The molecular formula is C11H20O3. The molecule has 3 heteroatoms. The number of esters is 1. The molecule has 0 saturated heterocycles. The van der Waals surface area contributed by atoms with E-state index in [1.54, 1.807) is 14.0 Å². The third-order valence-electron chi connectivity index (χ3n) is 2.01. The van der Waals surface area contributed by atoms with Crippen molar-refractivity contribution in [2.45, 2.75) is 39.2 Å². The minimum absolute atomic E-state index is 0.126. The van der Waals surface area contributed by atoms with Crippen LogP contribution in [-0.4, -0.2) is 25.3 Å². The molecule has 0 heterocycles. The molecule has 14 heavy (non-hydrogen) atoms. The van der Waals surface area contributed by atoms with E-state index in [1.165, 1.54) is 6.08 Å². The fourth-order valence-corrected chi connectivity index (χ4v) is 0.903. The first kappa shape index (κ1) is 13.2. The lowest BCUT2D eigenvalue weighted by atomic mass is 10.0. The van der Waals surface area contributed by atoms with Gasteiger partial charge in [0.05, 0.1) is 12.2 Å². The maximum Gasteiger partial charge on any atom is 0.330 e. The van der Waals surface area contributed by atoms with Crippen molar-refractivity contribution in [2.75, 3.05) is 13.7 Å². The van der Waals surface area contributed by atoms with Gasteiger partial charge in [-0.15, -0.1) is 0 Å².